The van der Waals surface area contributed by atoms with Gasteiger partial charge in [-0.2, -0.15) is 0 Å². The van der Waals surface area contributed by atoms with Gasteiger partial charge in [0.05, 0.1) is 119 Å². The zero-order chi connectivity index (χ0) is 81.4. The lowest BCUT2D eigenvalue weighted by atomic mass is 10.1. The van der Waals surface area contributed by atoms with Crippen LogP contribution in [0.2, 0.25) is 0 Å². The molecule has 31 heteroatoms. The first kappa shape index (κ1) is 91.8. The predicted molar refractivity (Wildman–Crippen MR) is 392 cm³/mol. The Morgan fingerprint density at radius 3 is 0.879 bits per heavy atom. The summed E-state index contributed by atoms with van der Waals surface area (Å²) < 4.78 is 78.8. The highest BCUT2D eigenvalue weighted by Gasteiger charge is 2.18. The van der Waals surface area contributed by atoms with Gasteiger partial charge in [0.1, 0.15) is 12.9 Å². The third-order valence-electron chi connectivity index (χ3n) is 13.8. The Hall–Kier alpha value is -13.2. The fourth-order valence-corrected chi connectivity index (χ4v) is 8.65. The predicted octanol–water partition coefficient (Wildman–Crippen LogP) is 11.8. The molecule has 107 heavy (non-hydrogen) atoms. The second-order valence-corrected chi connectivity index (χ2v) is 21.2. The Bertz CT molecular complexity index is 3980. The third kappa shape index (κ3) is 28.9. The van der Waals surface area contributed by atoms with E-state index in [0.29, 0.717) is 81.1 Å². The second kappa shape index (κ2) is 47.1. The van der Waals surface area contributed by atoms with Crippen LogP contribution in [0.25, 0.3) is 0 Å². The molecule has 8 rings (SSSR count). The number of carboxylic acids is 2. The van der Waals surface area contributed by atoms with E-state index >= 15 is 0 Å². The van der Waals surface area contributed by atoms with E-state index in [9.17, 15) is 65.1 Å². The highest BCUT2D eigenvalue weighted by molar-refractivity contribution is 5.89. The molecule has 0 bridgehead atoms. The molecule has 0 saturated heterocycles. The van der Waals surface area contributed by atoms with Crippen LogP contribution in [0.1, 0.15) is 61.0 Å². The second-order valence-electron chi connectivity index (χ2n) is 21.2. The van der Waals surface area contributed by atoms with Crippen LogP contribution in [0.5, 0.6) is 138 Å². The van der Waals surface area contributed by atoms with Gasteiger partial charge in [0.2, 0.25) is 46.0 Å². The topological polar surface area (TPSA) is 438 Å². The summed E-state index contributed by atoms with van der Waals surface area (Å²) in [7, 11) is 22.0. The molecule has 0 unspecified atom stereocenters. The van der Waals surface area contributed by atoms with Crippen molar-refractivity contribution in [3.63, 3.8) is 0 Å². The zero-order valence-electron chi connectivity index (χ0n) is 62.8. The number of phenolic OH excluding ortho intramolecular Hbond substituents is 9. The van der Waals surface area contributed by atoms with Crippen molar-refractivity contribution >= 4 is 24.2 Å². The maximum absolute atomic E-state index is 10.7. The molecule has 584 valence electrons. The zero-order valence-corrected chi connectivity index (χ0v) is 62.8. The van der Waals surface area contributed by atoms with E-state index in [2.05, 4.69) is 6.58 Å². The van der Waals surface area contributed by atoms with Gasteiger partial charge in [0, 0.05) is 12.5 Å². The van der Waals surface area contributed by atoms with Crippen molar-refractivity contribution in [1.82, 2.24) is 0 Å². The Balaban J connectivity index is 0.000000612. The molecule has 0 heterocycles. The monoisotopic (exact) mass is 1500 g/mol. The van der Waals surface area contributed by atoms with Crippen LogP contribution >= 0.6 is 0 Å². The number of phenols is 9. The lowest BCUT2D eigenvalue weighted by Gasteiger charge is -2.12. The van der Waals surface area contributed by atoms with Crippen molar-refractivity contribution in [1.29, 1.82) is 0 Å². The summed E-state index contributed by atoms with van der Waals surface area (Å²) in [6.07, 6.45) is 2.92. The number of rotatable bonds is 23. The maximum atomic E-state index is 10.7. The number of aromatic carboxylic acids is 1. The van der Waals surface area contributed by atoms with Gasteiger partial charge >= 0.3 is 17.9 Å². The molecule has 0 saturated carbocycles. The molecule has 0 aromatic heterocycles. The summed E-state index contributed by atoms with van der Waals surface area (Å²) in [6.45, 7) is 10.8. The quantitative estimate of drug-likeness (QED) is 0.0123. The molecule has 31 nitrogen and oxygen atoms in total. The standard InChI is InChI=1S/C11H14O3.C10H12O5.C10H14O3.2C9H10O5.C9H10O4.2C9H12O3/c1-4-5-8-6-9(13-2)11(12)10(7-8)14-3;1-6(11)15-5-7-3-8(12)10(13)9(4-7)14-2;1-7-5-8(11-2)10(13-4)9(6-7)12-3;1-13-6-3-5(9(11)12)4-7(14-2)8(6)10;1-14-7-3-5(4-8(11)12)2-6(10)9(7)13;1-12-7-3-6(5-10)4-8(13-2)9(7)11;2*1-6-4-7(11-2)9(10)8(5-6)12-3/h4,6-7,12H,1,5H2,2-3H3;3-4,12-13H,5H2,1-2H3;5-6H,1-4H3;3-4,10H,1-2H3,(H,11,12);2-3,10,13H,4H2,1H3,(H,11,12);3-5,11H,1-2H3;2*4-5,10H,1-3H3. The fraction of sp³-hybridized carbons (Fsp3) is 0.289. The Kier molecular flexibility index (Phi) is 40.4. The van der Waals surface area contributed by atoms with Crippen molar-refractivity contribution in [2.45, 2.75) is 47.1 Å². The van der Waals surface area contributed by atoms with Gasteiger partial charge in [-0.3, -0.25) is 14.4 Å². The van der Waals surface area contributed by atoms with E-state index in [1.807, 2.05) is 32.9 Å². The van der Waals surface area contributed by atoms with Crippen LogP contribution in [-0.4, -0.2) is 187 Å². The van der Waals surface area contributed by atoms with E-state index in [4.69, 9.17) is 86.0 Å². The van der Waals surface area contributed by atoms with Crippen LogP contribution in [0.3, 0.4) is 0 Å². The number of benzene rings is 8. The molecule has 11 N–H and O–H groups in total. The molecule has 0 radical (unpaired) electrons. The van der Waals surface area contributed by atoms with Gasteiger partial charge in [-0.25, -0.2) is 4.79 Å². The molecule has 0 aliphatic heterocycles. The first-order valence-electron chi connectivity index (χ1n) is 31.0. The van der Waals surface area contributed by atoms with Gasteiger partial charge in [0.25, 0.3) is 0 Å². The van der Waals surface area contributed by atoms with Crippen molar-refractivity contribution < 1.29 is 151 Å². The summed E-state index contributed by atoms with van der Waals surface area (Å²) in [5.74, 6) is 1.25. The van der Waals surface area contributed by atoms with Gasteiger partial charge < -0.3 is 132 Å². The number of carbonyl (C=O) groups is 4. The van der Waals surface area contributed by atoms with Crippen LogP contribution in [0.15, 0.2) is 110 Å². The SMILES string of the molecule is C=CCc1cc(OC)c(O)c(OC)c1.COc1cc(C(=O)O)cc(OC)c1O.COc1cc(C)cc(OC)c1O.COc1cc(C)cc(OC)c1O.COc1cc(C)cc(OC)c1OC.COc1cc(C=O)cc(OC)c1O.COc1cc(CC(=O)O)cc(O)c1O.COc1cc(COC(C)=O)cc(O)c1O. The van der Waals surface area contributed by atoms with Crippen LogP contribution in [0, 0.1) is 20.8 Å². The van der Waals surface area contributed by atoms with Gasteiger partial charge in [-0.15, -0.1) is 6.58 Å². The Morgan fingerprint density at radius 2 is 0.607 bits per heavy atom. The summed E-state index contributed by atoms with van der Waals surface area (Å²) in [6, 6.07) is 25.0. The molecule has 8 aromatic carbocycles. The largest absolute Gasteiger partial charge is 0.504 e. The number of aliphatic carboxylic acids is 1. The van der Waals surface area contributed by atoms with Gasteiger partial charge in [-0.05, 0) is 158 Å². The highest BCUT2D eigenvalue weighted by atomic mass is 16.5. The summed E-state index contributed by atoms with van der Waals surface area (Å²) in [5, 5.41) is 102. The molecule has 0 spiro atoms. The van der Waals surface area contributed by atoms with Crippen molar-refractivity contribution in [3.05, 3.63) is 154 Å². The number of esters is 1. The number of ether oxygens (including phenoxy) is 16. The number of aryl methyl sites for hydroxylation is 3. The molecule has 8 aromatic rings. The van der Waals surface area contributed by atoms with Gasteiger partial charge in [0.15, 0.2) is 92.0 Å². The van der Waals surface area contributed by atoms with Crippen molar-refractivity contribution in [2.24, 2.45) is 0 Å². The summed E-state index contributed by atoms with van der Waals surface area (Å²) >= 11 is 0. The lowest BCUT2D eigenvalue weighted by molar-refractivity contribution is -0.142. The number of carbonyl (C=O) groups excluding carboxylic acids is 2. The molecular formula is C76H94O31. The molecule has 0 atom stereocenters. The van der Waals surface area contributed by atoms with Crippen molar-refractivity contribution in [3.8, 4) is 138 Å². The number of hydrogen-bond acceptors (Lipinski definition) is 29. The number of carboxylic acid groups (broad SMARTS) is 2. The number of methoxy groups -OCH3 is 15. The minimum Gasteiger partial charge on any atom is -0.504 e. The minimum absolute atomic E-state index is 0.00324. The fourth-order valence-electron chi connectivity index (χ4n) is 8.65. The maximum Gasteiger partial charge on any atom is 0.335 e. The number of allylic oxidation sites excluding steroid dienone is 1. The normalized spacial score (nSPS) is 9.60. The first-order chi connectivity index (χ1) is 50.7. The minimum atomic E-state index is -1.11. The number of aldehydes is 1. The molecule has 0 fully saturated rings. The average Bonchev–Trinajstić information content (AvgIpc) is 0.819. The van der Waals surface area contributed by atoms with Crippen LogP contribution < -0.4 is 71.1 Å². The number of aromatic hydroxyl groups is 9. The van der Waals surface area contributed by atoms with Crippen LogP contribution in [0.4, 0.5) is 0 Å². The van der Waals surface area contributed by atoms with E-state index in [1.54, 1.807) is 63.8 Å². The first-order valence-corrected chi connectivity index (χ1v) is 31.0. The lowest BCUT2D eigenvalue weighted by Crippen LogP contribution is -2.00. The molecule has 0 aliphatic carbocycles. The molecule has 0 amide bonds. The molecular weight excluding hydrogens is 1410 g/mol. The Morgan fingerprint density at radius 1 is 0.346 bits per heavy atom. The van der Waals surface area contributed by atoms with E-state index in [-0.39, 0.29) is 105 Å². The molecule has 0 aliphatic rings. The van der Waals surface area contributed by atoms with E-state index in [0.717, 1.165) is 22.3 Å². The number of hydrogen-bond donors (Lipinski definition) is 11. The van der Waals surface area contributed by atoms with E-state index in [1.165, 1.54) is 141 Å². The Labute approximate surface area is 619 Å². The summed E-state index contributed by atoms with van der Waals surface area (Å²) in [5.41, 5.74) is 5.34. The smallest absolute Gasteiger partial charge is 0.335 e. The van der Waals surface area contributed by atoms with Gasteiger partial charge in [-0.1, -0.05) is 6.08 Å². The van der Waals surface area contributed by atoms with Crippen LogP contribution in [-0.2, 0) is 33.8 Å². The third-order valence-corrected chi connectivity index (χ3v) is 13.8. The summed E-state index contributed by atoms with van der Waals surface area (Å²) in [4.78, 5) is 42.1. The van der Waals surface area contributed by atoms with Crippen molar-refractivity contribution in [2.75, 3.05) is 107 Å². The average molecular weight is 1500 g/mol. The van der Waals surface area contributed by atoms with E-state index < -0.39 is 17.9 Å². The highest BCUT2D eigenvalue weighted by Crippen LogP contribution is 2.43.